The first kappa shape index (κ1) is 24.7. The van der Waals surface area contributed by atoms with Crippen LogP contribution in [0.5, 0.6) is 5.75 Å². The summed E-state index contributed by atoms with van der Waals surface area (Å²) < 4.78 is 11.7. The molecule has 0 fully saturated rings. The molecule has 7 heteroatoms. The molecular formula is C23H23Br2ClO4. The van der Waals surface area contributed by atoms with Crippen LogP contribution >= 0.6 is 43.5 Å². The van der Waals surface area contributed by atoms with Crippen LogP contribution in [0.2, 0.25) is 5.02 Å². The van der Waals surface area contributed by atoms with Crippen molar-refractivity contribution in [2.45, 2.75) is 37.1 Å². The van der Waals surface area contributed by atoms with Gasteiger partial charge in [0.2, 0.25) is 0 Å². The average molecular weight is 559 g/mol. The van der Waals surface area contributed by atoms with E-state index in [1.807, 2.05) is 31.2 Å². The number of rotatable bonds is 8. The van der Waals surface area contributed by atoms with E-state index in [-0.39, 0.29) is 10.7 Å². The van der Waals surface area contributed by atoms with Crippen LogP contribution in [0.15, 0.2) is 52.6 Å². The molecule has 1 unspecified atom stereocenters. The molecule has 1 aromatic carbocycles. The highest BCUT2D eigenvalue weighted by Crippen LogP contribution is 2.33. The molecule has 4 nitrogen and oxygen atoms in total. The molecule has 0 radical (unpaired) electrons. The van der Waals surface area contributed by atoms with Gasteiger partial charge in [-0.15, -0.1) is 0 Å². The largest absolute Gasteiger partial charge is 0.488 e. The fourth-order valence-corrected chi connectivity index (χ4v) is 4.47. The number of hydrogen-bond donors (Lipinski definition) is 1. The second kappa shape index (κ2) is 11.8. The third-order valence-corrected chi connectivity index (χ3v) is 5.80. The number of carbonyl (C=O) groups is 1. The highest BCUT2D eigenvalue weighted by atomic mass is 79.9. The molecule has 1 aliphatic carbocycles. The van der Waals surface area contributed by atoms with Crippen LogP contribution in [-0.2, 0) is 16.0 Å². The van der Waals surface area contributed by atoms with Gasteiger partial charge in [0, 0.05) is 19.4 Å². The Morgan fingerprint density at radius 3 is 2.87 bits per heavy atom. The van der Waals surface area contributed by atoms with E-state index in [4.69, 9.17) is 21.1 Å². The van der Waals surface area contributed by atoms with Crippen molar-refractivity contribution < 1.29 is 19.4 Å². The average Bonchev–Trinajstić information content (AvgIpc) is 2.67. The number of carboxylic acid groups (broad SMARTS) is 1. The molecule has 2 rings (SSSR count). The van der Waals surface area contributed by atoms with Crippen molar-refractivity contribution in [2.75, 3.05) is 13.2 Å². The number of allylic oxidation sites excluding steroid dienone is 5. The van der Waals surface area contributed by atoms with Gasteiger partial charge in [-0.3, -0.25) is 0 Å². The second-order valence-corrected chi connectivity index (χ2v) is 9.55. The summed E-state index contributed by atoms with van der Waals surface area (Å²) in [5.74, 6) is 5.92. The summed E-state index contributed by atoms with van der Waals surface area (Å²) in [6, 6.07) is 5.24. The summed E-state index contributed by atoms with van der Waals surface area (Å²) in [5.41, 5.74) is 1.66. The van der Waals surface area contributed by atoms with E-state index in [1.165, 1.54) is 0 Å². The Morgan fingerprint density at radius 1 is 1.47 bits per heavy atom. The minimum Gasteiger partial charge on any atom is -0.488 e. The lowest BCUT2D eigenvalue weighted by Crippen LogP contribution is -2.26. The number of ether oxygens (including phenoxy) is 2. The molecule has 160 valence electrons. The van der Waals surface area contributed by atoms with Gasteiger partial charge in [-0.1, -0.05) is 79.6 Å². The Hall–Kier alpha value is -1.52. The first-order valence-electron chi connectivity index (χ1n) is 9.41. The van der Waals surface area contributed by atoms with Crippen LogP contribution in [-0.4, -0.2) is 34.7 Å². The SMILES string of the molecule is CCO[C@@H](Cc1ccc(OCC=C(C)C#CC2(Br)C=CC=C(Br)C2)c(Cl)c1)C(=O)O. The van der Waals surface area contributed by atoms with Crippen molar-refractivity contribution in [3.8, 4) is 17.6 Å². The smallest absolute Gasteiger partial charge is 0.333 e. The molecule has 0 saturated heterocycles. The minimum absolute atomic E-state index is 0.242. The fraction of sp³-hybridized carbons (Fsp3) is 0.348. The van der Waals surface area contributed by atoms with Crippen molar-refractivity contribution in [3.63, 3.8) is 0 Å². The zero-order valence-corrected chi connectivity index (χ0v) is 20.7. The van der Waals surface area contributed by atoms with Gasteiger partial charge in [0.05, 0.1) is 5.02 Å². The Bertz CT molecular complexity index is 927. The minimum atomic E-state index is -0.993. The first-order chi connectivity index (χ1) is 14.2. The Kier molecular flexibility index (Phi) is 9.70. The quantitative estimate of drug-likeness (QED) is 0.311. The third-order valence-electron chi connectivity index (χ3n) is 4.22. The molecule has 1 aliphatic rings. The van der Waals surface area contributed by atoms with Crippen LogP contribution in [0.3, 0.4) is 0 Å². The summed E-state index contributed by atoms with van der Waals surface area (Å²) in [4.78, 5) is 11.2. The van der Waals surface area contributed by atoms with Gasteiger partial charge < -0.3 is 14.6 Å². The maximum atomic E-state index is 11.2. The molecule has 1 N–H and O–H groups in total. The molecular weight excluding hydrogens is 536 g/mol. The molecule has 2 atom stereocenters. The highest BCUT2D eigenvalue weighted by molar-refractivity contribution is 9.12. The Morgan fingerprint density at radius 2 is 2.23 bits per heavy atom. The summed E-state index contributed by atoms with van der Waals surface area (Å²) in [5, 5.41) is 9.63. The van der Waals surface area contributed by atoms with E-state index in [0.29, 0.717) is 24.0 Å². The molecule has 0 spiro atoms. The summed E-state index contributed by atoms with van der Waals surface area (Å²) in [6.45, 7) is 4.35. The summed E-state index contributed by atoms with van der Waals surface area (Å²) in [7, 11) is 0. The second-order valence-electron chi connectivity index (χ2n) is 6.71. The van der Waals surface area contributed by atoms with Gasteiger partial charge in [0.15, 0.2) is 6.10 Å². The number of hydrogen-bond acceptors (Lipinski definition) is 3. The van der Waals surface area contributed by atoms with Crippen LogP contribution in [0, 0.1) is 11.8 Å². The van der Waals surface area contributed by atoms with Crippen LogP contribution in [0.4, 0.5) is 0 Å². The predicted octanol–water partition coefficient (Wildman–Crippen LogP) is 6.07. The molecule has 0 heterocycles. The molecule has 0 aromatic heterocycles. The van der Waals surface area contributed by atoms with E-state index < -0.39 is 12.1 Å². The van der Waals surface area contributed by atoms with Crippen molar-refractivity contribution in [1.29, 1.82) is 0 Å². The number of aliphatic carboxylic acids is 1. The maximum Gasteiger partial charge on any atom is 0.333 e. The third kappa shape index (κ3) is 7.96. The zero-order valence-electron chi connectivity index (χ0n) is 16.8. The monoisotopic (exact) mass is 556 g/mol. The standard InChI is InChI=1S/C23H23Br2ClO4/c1-3-29-21(22(27)28)14-17-6-7-20(19(26)13-17)30-12-9-16(2)8-11-23(25)10-4-5-18(24)15-23/h4-7,9-10,13,21H,3,12,14-15H2,1-2H3,(H,27,28)/t21-,23?/m0/s1. The number of benzene rings is 1. The highest BCUT2D eigenvalue weighted by Gasteiger charge is 2.23. The zero-order chi connectivity index (χ0) is 22.1. The van der Waals surface area contributed by atoms with Gasteiger partial charge in [0.25, 0.3) is 0 Å². The summed E-state index contributed by atoms with van der Waals surface area (Å²) in [6.07, 6.45) is 8.01. The van der Waals surface area contributed by atoms with Gasteiger partial charge in [-0.25, -0.2) is 4.79 Å². The van der Waals surface area contributed by atoms with Gasteiger partial charge in [-0.05, 0) is 47.7 Å². The van der Waals surface area contributed by atoms with Crippen molar-refractivity contribution in [1.82, 2.24) is 0 Å². The van der Waals surface area contributed by atoms with E-state index in [1.54, 1.807) is 25.1 Å². The number of carboxylic acids is 1. The Labute approximate surface area is 199 Å². The first-order valence-corrected chi connectivity index (χ1v) is 11.4. The molecule has 0 amide bonds. The molecule has 0 bridgehead atoms. The summed E-state index contributed by atoms with van der Waals surface area (Å²) >= 11 is 13.5. The number of alkyl halides is 1. The van der Waals surface area contributed by atoms with Crippen LogP contribution in [0.1, 0.15) is 25.8 Å². The van der Waals surface area contributed by atoms with Gasteiger partial charge >= 0.3 is 5.97 Å². The maximum absolute atomic E-state index is 11.2. The van der Waals surface area contributed by atoms with Crippen molar-refractivity contribution >= 4 is 49.4 Å². The molecule has 0 aliphatic heterocycles. The lowest BCUT2D eigenvalue weighted by molar-refractivity contribution is -0.149. The molecule has 0 saturated carbocycles. The van der Waals surface area contributed by atoms with E-state index in [9.17, 15) is 9.90 Å². The van der Waals surface area contributed by atoms with Crippen molar-refractivity contribution in [3.05, 3.63) is 63.1 Å². The Balaban J connectivity index is 1.95. The van der Waals surface area contributed by atoms with E-state index in [0.717, 1.165) is 22.0 Å². The van der Waals surface area contributed by atoms with Gasteiger partial charge in [0.1, 0.15) is 16.7 Å². The normalized spacial score (nSPS) is 19.5. The van der Waals surface area contributed by atoms with E-state index in [2.05, 4.69) is 43.7 Å². The van der Waals surface area contributed by atoms with E-state index >= 15 is 0 Å². The lowest BCUT2D eigenvalue weighted by Gasteiger charge is -2.19. The predicted molar refractivity (Wildman–Crippen MR) is 128 cm³/mol. The molecule has 1 aromatic rings. The number of halogens is 3. The lowest BCUT2D eigenvalue weighted by atomic mass is 10.0. The van der Waals surface area contributed by atoms with Crippen molar-refractivity contribution in [2.24, 2.45) is 0 Å². The fourth-order valence-electron chi connectivity index (χ4n) is 2.69. The van der Waals surface area contributed by atoms with Gasteiger partial charge in [-0.2, -0.15) is 0 Å². The topological polar surface area (TPSA) is 55.8 Å². The molecule has 30 heavy (non-hydrogen) atoms. The van der Waals surface area contributed by atoms with Crippen LogP contribution < -0.4 is 4.74 Å². The van der Waals surface area contributed by atoms with Crippen LogP contribution in [0.25, 0.3) is 0 Å².